The van der Waals surface area contributed by atoms with Gasteiger partial charge in [-0.2, -0.15) is 0 Å². The first-order valence-corrected chi connectivity index (χ1v) is 40.2. The largest absolute Gasteiger partial charge is 0.472 e. The number of hydrogen-bond acceptors (Lipinski definition) is 14. The van der Waals surface area contributed by atoms with E-state index >= 15 is 0 Å². The average molecular weight is 1380 g/mol. The van der Waals surface area contributed by atoms with Crippen molar-refractivity contribution in [3.63, 3.8) is 0 Å². The Morgan fingerprint density at radius 3 is 0.884 bits per heavy atom. The average Bonchev–Trinajstić information content (AvgIpc) is 1.83. The lowest BCUT2D eigenvalue weighted by Gasteiger charge is -2.21. The summed E-state index contributed by atoms with van der Waals surface area (Å²) in [5.41, 5.74) is 0. The van der Waals surface area contributed by atoms with Crippen LogP contribution in [0.4, 0.5) is 0 Å². The predicted molar refractivity (Wildman–Crippen MR) is 390 cm³/mol. The lowest BCUT2D eigenvalue weighted by molar-refractivity contribution is -0.161. The molecule has 0 aromatic carbocycles. The second-order valence-corrected chi connectivity index (χ2v) is 27.6. The van der Waals surface area contributed by atoms with Gasteiger partial charge in [-0.25, -0.2) is 9.13 Å². The zero-order valence-electron chi connectivity index (χ0n) is 59.6. The van der Waals surface area contributed by atoms with E-state index in [-0.39, 0.29) is 19.3 Å². The SMILES string of the molecule is CC/C=C\C/C=C\C/C=C\C/C=C\C/C=C\C/C=C\CCCCCCCCCCCCC(=O)OCC(O)COP(=O)(O)OCC(O)COP(=O)(O)OCC(COC(=O)CCCCCCC/C=C\C/C=C\C/C=C\CC)OC(=O)CCCCCCCCCCCCCCCCC. The Hall–Kier alpha value is -3.79. The maximum Gasteiger partial charge on any atom is 0.472 e. The normalized spacial score (nSPS) is 14.7. The number of aliphatic hydroxyl groups excluding tert-OH is 2. The van der Waals surface area contributed by atoms with Gasteiger partial charge in [0.2, 0.25) is 0 Å². The number of rotatable bonds is 70. The Bertz CT molecular complexity index is 2170. The van der Waals surface area contributed by atoms with Crippen LogP contribution in [-0.4, -0.2) is 95.9 Å². The van der Waals surface area contributed by atoms with Gasteiger partial charge in [0.15, 0.2) is 6.10 Å². The van der Waals surface area contributed by atoms with Gasteiger partial charge in [0.1, 0.15) is 25.4 Å². The van der Waals surface area contributed by atoms with Gasteiger partial charge in [0, 0.05) is 19.3 Å². The number of phosphoric ester groups is 2. The van der Waals surface area contributed by atoms with Crippen LogP contribution in [0.3, 0.4) is 0 Å². The molecule has 95 heavy (non-hydrogen) atoms. The van der Waals surface area contributed by atoms with Crippen molar-refractivity contribution in [1.29, 1.82) is 0 Å². The summed E-state index contributed by atoms with van der Waals surface area (Å²) in [4.78, 5) is 58.5. The van der Waals surface area contributed by atoms with Crippen LogP contribution in [0.5, 0.6) is 0 Å². The zero-order chi connectivity index (χ0) is 69.5. The molecular weight excluding hydrogens is 1240 g/mol. The quantitative estimate of drug-likeness (QED) is 0.0146. The van der Waals surface area contributed by atoms with Crippen molar-refractivity contribution < 1.29 is 75.8 Å². The fraction of sp³-hybridized carbons (Fsp3) is 0.727. The second-order valence-electron chi connectivity index (χ2n) is 24.7. The summed E-state index contributed by atoms with van der Waals surface area (Å²) in [6.07, 6.45) is 80.0. The molecule has 16 nitrogen and oxygen atoms in total. The molecule has 0 aromatic heterocycles. The van der Waals surface area contributed by atoms with Gasteiger partial charge >= 0.3 is 33.6 Å². The summed E-state index contributed by atoms with van der Waals surface area (Å²) in [5.74, 6) is -1.59. The Labute approximate surface area is 577 Å². The summed E-state index contributed by atoms with van der Waals surface area (Å²) in [6, 6.07) is 0. The minimum Gasteiger partial charge on any atom is -0.463 e. The van der Waals surface area contributed by atoms with E-state index in [1.165, 1.54) is 96.3 Å². The van der Waals surface area contributed by atoms with E-state index in [2.05, 4.69) is 130 Å². The summed E-state index contributed by atoms with van der Waals surface area (Å²) in [6.45, 7) is 2.45. The van der Waals surface area contributed by atoms with Gasteiger partial charge in [-0.3, -0.25) is 32.5 Å². The summed E-state index contributed by atoms with van der Waals surface area (Å²) in [5, 5.41) is 20.6. The first kappa shape index (κ1) is 91.2. The standard InChI is InChI=1S/C77H134O16P2/c1-4-7-10-13-16-19-22-25-28-29-30-31-32-33-34-35-36-37-38-39-40-41-44-46-48-51-54-57-60-63-75(80)87-66-72(78)67-89-94(83,84)90-68-73(79)69-91-95(85,86)92-71-74(93-77(82)65-62-59-56-53-50-47-43-27-24-21-18-15-12-9-6-3)70-88-76(81)64-61-58-55-52-49-45-42-26-23-20-17-14-11-8-5-2/h7-8,10-11,16-17,19-20,25-26,28,30-31,33-34,36-37,42,72-74,78-79H,4-6,9,12-15,18,21-24,27,29,32,35,38-41,43-71H2,1-3H3,(H,83,84)(H,85,86)/b10-7-,11-8-,19-16-,20-17-,28-25-,31-30-,34-33-,37-36-,42-26-. The third-order valence-electron chi connectivity index (χ3n) is 15.5. The van der Waals surface area contributed by atoms with Gasteiger partial charge in [-0.05, 0) is 103 Å². The van der Waals surface area contributed by atoms with E-state index in [9.17, 15) is 43.5 Å². The molecule has 5 unspecified atom stereocenters. The van der Waals surface area contributed by atoms with E-state index in [4.69, 9.17) is 32.3 Å². The number of carbonyl (C=O) groups is 3. The van der Waals surface area contributed by atoms with E-state index in [1.807, 2.05) is 0 Å². The Balaban J connectivity index is 4.49. The summed E-state index contributed by atoms with van der Waals surface area (Å²) >= 11 is 0. The number of hydrogen-bond donors (Lipinski definition) is 4. The van der Waals surface area contributed by atoms with Gasteiger partial charge < -0.3 is 34.2 Å². The van der Waals surface area contributed by atoms with Crippen LogP contribution in [0.25, 0.3) is 0 Å². The number of allylic oxidation sites excluding steroid dienone is 18. The molecule has 0 amide bonds. The van der Waals surface area contributed by atoms with Crippen molar-refractivity contribution in [2.75, 3.05) is 39.6 Å². The van der Waals surface area contributed by atoms with E-state index in [1.54, 1.807) is 0 Å². The molecule has 0 aliphatic rings. The number of esters is 3. The minimum atomic E-state index is -4.93. The first-order chi connectivity index (χ1) is 46.2. The molecule has 4 N–H and O–H groups in total. The van der Waals surface area contributed by atoms with Gasteiger partial charge in [-0.1, -0.05) is 291 Å². The highest BCUT2D eigenvalue weighted by Crippen LogP contribution is 2.45. The maximum atomic E-state index is 12.9. The molecule has 0 aliphatic carbocycles. The van der Waals surface area contributed by atoms with Crippen LogP contribution in [0.2, 0.25) is 0 Å². The molecule has 548 valence electrons. The fourth-order valence-corrected chi connectivity index (χ4v) is 11.5. The third-order valence-corrected chi connectivity index (χ3v) is 17.4. The topological polar surface area (TPSA) is 231 Å². The van der Waals surface area contributed by atoms with Crippen molar-refractivity contribution in [2.45, 2.75) is 322 Å². The maximum absolute atomic E-state index is 12.9. The van der Waals surface area contributed by atoms with Crippen LogP contribution in [0, 0.1) is 0 Å². The highest BCUT2D eigenvalue weighted by Gasteiger charge is 2.29. The molecule has 0 aromatic rings. The van der Waals surface area contributed by atoms with E-state index in [0.717, 1.165) is 148 Å². The molecule has 0 bridgehead atoms. The van der Waals surface area contributed by atoms with Gasteiger partial charge in [0.25, 0.3) is 0 Å². The molecule has 0 radical (unpaired) electrons. The molecule has 0 aliphatic heterocycles. The molecule has 0 spiro atoms. The van der Waals surface area contributed by atoms with E-state index in [0.29, 0.717) is 19.3 Å². The lowest BCUT2D eigenvalue weighted by atomic mass is 10.0. The van der Waals surface area contributed by atoms with Gasteiger partial charge in [-0.15, -0.1) is 0 Å². The Kier molecular flexibility index (Phi) is 67.3. The minimum absolute atomic E-state index is 0.104. The molecule has 0 fully saturated rings. The van der Waals surface area contributed by atoms with Crippen molar-refractivity contribution >= 4 is 33.6 Å². The van der Waals surface area contributed by atoms with Crippen molar-refractivity contribution in [3.05, 3.63) is 109 Å². The van der Waals surface area contributed by atoms with Crippen LogP contribution in [0.15, 0.2) is 109 Å². The highest BCUT2D eigenvalue weighted by atomic mass is 31.2. The monoisotopic (exact) mass is 1380 g/mol. The second kappa shape index (κ2) is 70.1. The summed E-state index contributed by atoms with van der Waals surface area (Å²) in [7, 11) is -9.78. The molecule has 18 heteroatoms. The van der Waals surface area contributed by atoms with Crippen LogP contribution < -0.4 is 0 Å². The molecular formula is C77H134O16P2. The number of ether oxygens (including phenoxy) is 3. The zero-order valence-corrected chi connectivity index (χ0v) is 61.4. The van der Waals surface area contributed by atoms with E-state index < -0.39 is 91.5 Å². The lowest BCUT2D eigenvalue weighted by Crippen LogP contribution is -2.30. The number of phosphoric acid groups is 2. The Morgan fingerprint density at radius 1 is 0.305 bits per heavy atom. The number of unbranched alkanes of at least 4 members (excludes halogenated alkanes) is 29. The molecule has 5 atom stereocenters. The Morgan fingerprint density at radius 2 is 0.558 bits per heavy atom. The van der Waals surface area contributed by atoms with Crippen molar-refractivity contribution in [2.24, 2.45) is 0 Å². The van der Waals surface area contributed by atoms with Crippen molar-refractivity contribution in [3.8, 4) is 0 Å². The first-order valence-electron chi connectivity index (χ1n) is 37.2. The van der Waals surface area contributed by atoms with Crippen molar-refractivity contribution in [1.82, 2.24) is 0 Å². The summed E-state index contributed by atoms with van der Waals surface area (Å²) < 4.78 is 61.0. The number of carbonyl (C=O) groups excluding carboxylic acids is 3. The molecule has 0 heterocycles. The molecule has 0 saturated heterocycles. The van der Waals surface area contributed by atoms with Gasteiger partial charge in [0.05, 0.1) is 26.4 Å². The van der Waals surface area contributed by atoms with Crippen LogP contribution in [0.1, 0.15) is 303 Å². The van der Waals surface area contributed by atoms with Crippen LogP contribution >= 0.6 is 15.6 Å². The fourth-order valence-electron chi connectivity index (χ4n) is 9.88. The highest BCUT2D eigenvalue weighted by molar-refractivity contribution is 7.47. The smallest absolute Gasteiger partial charge is 0.463 e. The third kappa shape index (κ3) is 71.3. The molecule has 0 saturated carbocycles. The number of aliphatic hydroxyl groups is 2. The predicted octanol–water partition coefficient (Wildman–Crippen LogP) is 21.2. The molecule has 0 rings (SSSR count). The van der Waals surface area contributed by atoms with Crippen LogP contribution in [-0.2, 0) is 55.8 Å².